The Labute approximate surface area is 112 Å². The molecule has 3 nitrogen and oxygen atoms in total. The van der Waals surface area contributed by atoms with Crippen LogP contribution < -0.4 is 10.5 Å². The van der Waals surface area contributed by atoms with Gasteiger partial charge in [-0.3, -0.25) is 0 Å². The van der Waals surface area contributed by atoms with Gasteiger partial charge >= 0.3 is 11.8 Å². The molecule has 106 valence electrons. The van der Waals surface area contributed by atoms with Crippen molar-refractivity contribution in [2.24, 2.45) is 0 Å². The molecule has 0 N–H and O–H groups in total. The van der Waals surface area contributed by atoms with E-state index in [0.29, 0.717) is 6.07 Å². The second kappa shape index (κ2) is 4.26. The Bertz CT molecular complexity index is 734. The first-order chi connectivity index (χ1) is 9.36. The van der Waals surface area contributed by atoms with E-state index in [1.54, 1.807) is 0 Å². The van der Waals surface area contributed by atoms with Gasteiger partial charge in [-0.15, -0.1) is 0 Å². The molecule has 0 bridgehead atoms. The van der Waals surface area contributed by atoms with E-state index in [4.69, 9.17) is 4.42 Å². The predicted molar refractivity (Wildman–Crippen MR) is 69.1 cm³/mol. The van der Waals surface area contributed by atoms with Crippen molar-refractivity contribution >= 4 is 16.7 Å². The van der Waals surface area contributed by atoms with E-state index < -0.39 is 17.4 Å². The molecule has 20 heavy (non-hydrogen) atoms. The summed E-state index contributed by atoms with van der Waals surface area (Å²) in [5.41, 5.74) is -0.253. The molecule has 0 spiro atoms. The first-order valence-corrected chi connectivity index (χ1v) is 6.25. The van der Waals surface area contributed by atoms with Crippen molar-refractivity contribution in [1.82, 2.24) is 0 Å². The number of rotatable bonds is 0. The molecule has 0 saturated carbocycles. The van der Waals surface area contributed by atoms with Crippen molar-refractivity contribution < 1.29 is 17.6 Å². The van der Waals surface area contributed by atoms with Crippen molar-refractivity contribution in [2.45, 2.75) is 19.0 Å². The third kappa shape index (κ3) is 2.05. The van der Waals surface area contributed by atoms with Gasteiger partial charge in [0.15, 0.2) is 0 Å². The zero-order chi connectivity index (χ0) is 14.5. The highest BCUT2D eigenvalue weighted by Crippen LogP contribution is 2.37. The molecule has 0 fully saturated rings. The molecule has 0 radical (unpaired) electrons. The van der Waals surface area contributed by atoms with Crippen LogP contribution in [0.4, 0.5) is 18.9 Å². The van der Waals surface area contributed by atoms with Crippen LogP contribution in [0.3, 0.4) is 0 Å². The van der Waals surface area contributed by atoms with E-state index in [1.165, 1.54) is 12.1 Å². The van der Waals surface area contributed by atoms with Gasteiger partial charge in [-0.1, -0.05) is 0 Å². The highest BCUT2D eigenvalue weighted by molar-refractivity contribution is 5.86. The van der Waals surface area contributed by atoms with E-state index in [9.17, 15) is 18.0 Å². The molecule has 0 saturated heterocycles. The van der Waals surface area contributed by atoms with Crippen molar-refractivity contribution in [2.75, 3.05) is 18.5 Å². The first kappa shape index (κ1) is 13.0. The van der Waals surface area contributed by atoms with E-state index >= 15 is 0 Å². The van der Waals surface area contributed by atoms with Crippen LogP contribution in [0.1, 0.15) is 17.5 Å². The molecule has 2 heterocycles. The van der Waals surface area contributed by atoms with Crippen LogP contribution in [-0.4, -0.2) is 13.6 Å². The number of nitrogens with zero attached hydrogens (tertiary/aromatic N) is 1. The Morgan fingerprint density at radius 3 is 2.70 bits per heavy atom. The molecule has 3 rings (SSSR count). The van der Waals surface area contributed by atoms with Gasteiger partial charge in [0, 0.05) is 36.8 Å². The summed E-state index contributed by atoms with van der Waals surface area (Å²) in [5, 5.41) is -0.0499. The van der Waals surface area contributed by atoms with Gasteiger partial charge < -0.3 is 9.32 Å². The maximum absolute atomic E-state index is 13.0. The zero-order valence-electron chi connectivity index (χ0n) is 10.8. The van der Waals surface area contributed by atoms with E-state index in [1.807, 2.05) is 11.9 Å². The lowest BCUT2D eigenvalue weighted by molar-refractivity contribution is -0.136. The van der Waals surface area contributed by atoms with Crippen LogP contribution in [0.5, 0.6) is 0 Å². The van der Waals surface area contributed by atoms with Gasteiger partial charge in [0.1, 0.15) is 5.58 Å². The normalized spacial score (nSPS) is 15.5. The Balaban J connectivity index is 2.35. The third-order valence-corrected chi connectivity index (χ3v) is 3.60. The lowest BCUT2D eigenvalue weighted by Gasteiger charge is -2.27. The van der Waals surface area contributed by atoms with Crippen LogP contribution in [0.2, 0.25) is 0 Å². The molecular weight excluding hydrogens is 271 g/mol. The standard InChI is InChI=1S/C14H12F3NO2/c1-18-4-2-3-8-5-9-10(14(15,16)17)6-13(19)20-12(9)7-11(8)18/h5-7H,2-4H2,1H3. The molecular formula is C14H12F3NO2. The molecule has 0 amide bonds. The summed E-state index contributed by atoms with van der Waals surface area (Å²) in [7, 11) is 1.87. The maximum Gasteiger partial charge on any atom is 0.417 e. The van der Waals surface area contributed by atoms with Gasteiger partial charge in [-0.25, -0.2) is 4.79 Å². The van der Waals surface area contributed by atoms with E-state index in [2.05, 4.69) is 0 Å². The molecule has 0 atom stereocenters. The van der Waals surface area contributed by atoms with Crippen molar-refractivity contribution in [3.05, 3.63) is 39.7 Å². The first-order valence-electron chi connectivity index (χ1n) is 6.25. The molecule has 2 aromatic rings. The molecule has 1 aromatic heterocycles. The Hall–Kier alpha value is -1.98. The number of fused-ring (bicyclic) bond motifs is 2. The number of anilines is 1. The minimum absolute atomic E-state index is 0.0164. The predicted octanol–water partition coefficient (Wildman–Crippen LogP) is 3.19. The van der Waals surface area contributed by atoms with Crippen LogP contribution in [0.25, 0.3) is 11.0 Å². The van der Waals surface area contributed by atoms with Crippen molar-refractivity contribution in [1.29, 1.82) is 0 Å². The van der Waals surface area contributed by atoms with Crippen LogP contribution in [0, 0.1) is 0 Å². The summed E-state index contributed by atoms with van der Waals surface area (Å²) in [5.74, 6) is 0. The molecule has 6 heteroatoms. The minimum atomic E-state index is -4.57. The van der Waals surface area contributed by atoms with Crippen LogP contribution in [-0.2, 0) is 12.6 Å². The second-order valence-corrected chi connectivity index (χ2v) is 4.98. The number of hydrogen-bond donors (Lipinski definition) is 0. The molecule has 0 unspecified atom stereocenters. The summed E-state index contributed by atoms with van der Waals surface area (Å²) >= 11 is 0. The summed E-state index contributed by atoms with van der Waals surface area (Å²) in [6, 6.07) is 3.54. The lowest BCUT2D eigenvalue weighted by Crippen LogP contribution is -2.24. The highest BCUT2D eigenvalue weighted by Gasteiger charge is 2.34. The van der Waals surface area contributed by atoms with Gasteiger partial charge in [0.2, 0.25) is 0 Å². The minimum Gasteiger partial charge on any atom is -0.423 e. The Morgan fingerprint density at radius 2 is 2.00 bits per heavy atom. The number of alkyl halides is 3. The molecule has 0 aliphatic carbocycles. The van der Waals surface area contributed by atoms with Gasteiger partial charge in [0.05, 0.1) is 5.56 Å². The maximum atomic E-state index is 13.0. The average Bonchev–Trinajstić information content (AvgIpc) is 2.35. The lowest BCUT2D eigenvalue weighted by atomic mass is 9.98. The largest absolute Gasteiger partial charge is 0.423 e. The van der Waals surface area contributed by atoms with Crippen LogP contribution >= 0.6 is 0 Å². The molecule has 1 aliphatic heterocycles. The number of halogens is 3. The molecule has 1 aromatic carbocycles. The summed E-state index contributed by atoms with van der Waals surface area (Å²) < 4.78 is 44.0. The van der Waals surface area contributed by atoms with Crippen molar-refractivity contribution in [3.8, 4) is 0 Å². The van der Waals surface area contributed by atoms with Crippen LogP contribution in [0.15, 0.2) is 27.4 Å². The fourth-order valence-corrected chi connectivity index (χ4v) is 2.66. The summed E-state index contributed by atoms with van der Waals surface area (Å²) in [6.45, 7) is 0.835. The van der Waals surface area contributed by atoms with Crippen molar-refractivity contribution in [3.63, 3.8) is 0 Å². The Kier molecular flexibility index (Phi) is 2.77. The van der Waals surface area contributed by atoms with Gasteiger partial charge in [-0.05, 0) is 24.5 Å². The van der Waals surface area contributed by atoms with E-state index in [0.717, 1.165) is 30.6 Å². The molecule has 1 aliphatic rings. The second-order valence-electron chi connectivity index (χ2n) is 4.98. The monoisotopic (exact) mass is 283 g/mol. The van der Waals surface area contributed by atoms with Gasteiger partial charge in [0.25, 0.3) is 0 Å². The highest BCUT2D eigenvalue weighted by atomic mass is 19.4. The van der Waals surface area contributed by atoms with Gasteiger partial charge in [-0.2, -0.15) is 13.2 Å². The number of benzene rings is 1. The average molecular weight is 283 g/mol. The SMILES string of the molecule is CN1CCCc2cc3c(C(F)(F)F)cc(=O)oc3cc21. The fraction of sp³-hybridized carbons (Fsp3) is 0.357. The Morgan fingerprint density at radius 1 is 1.25 bits per heavy atom. The topological polar surface area (TPSA) is 33.5 Å². The van der Waals surface area contributed by atoms with E-state index in [-0.39, 0.29) is 11.0 Å². The summed E-state index contributed by atoms with van der Waals surface area (Å²) in [6.07, 6.45) is -2.94. The number of aryl methyl sites for hydroxylation is 1. The smallest absolute Gasteiger partial charge is 0.417 e. The third-order valence-electron chi connectivity index (χ3n) is 3.60. The summed E-state index contributed by atoms with van der Waals surface area (Å²) in [4.78, 5) is 13.3. The number of hydrogen-bond acceptors (Lipinski definition) is 3. The quantitative estimate of drug-likeness (QED) is 0.696. The fourth-order valence-electron chi connectivity index (χ4n) is 2.66. The zero-order valence-corrected chi connectivity index (χ0v) is 10.8.